The van der Waals surface area contributed by atoms with Crippen molar-refractivity contribution in [2.45, 2.75) is 42.4 Å². The van der Waals surface area contributed by atoms with Crippen LogP contribution in [0.2, 0.25) is 0 Å². The van der Waals surface area contributed by atoms with Crippen molar-refractivity contribution in [3.05, 3.63) is 137 Å². The molecule has 0 N–H and O–H groups in total. The third-order valence-electron chi connectivity index (χ3n) is 7.46. The quantitative estimate of drug-likeness (QED) is 0.0417. The van der Waals surface area contributed by atoms with E-state index in [1.165, 1.54) is 42.5 Å². The van der Waals surface area contributed by atoms with Gasteiger partial charge >= 0.3 is 5.97 Å². The molecule has 5 aromatic carbocycles. The van der Waals surface area contributed by atoms with Gasteiger partial charge in [0, 0.05) is 23.3 Å². The van der Waals surface area contributed by atoms with E-state index >= 15 is 0 Å². The van der Waals surface area contributed by atoms with Gasteiger partial charge in [-0.05, 0) is 66.1 Å². The molecule has 9 heteroatoms. The number of non-ortho nitro benzene ring substituents is 1. The van der Waals surface area contributed by atoms with Gasteiger partial charge in [-0.3, -0.25) is 10.1 Å². The summed E-state index contributed by atoms with van der Waals surface area (Å²) in [5.74, 6) is 0.0193. The Labute approximate surface area is 268 Å². The molecule has 0 atom stereocenters. The average Bonchev–Trinajstić information content (AvgIpc) is 3.09. The Morgan fingerprint density at radius 2 is 1.24 bits per heavy atom. The lowest BCUT2D eigenvalue weighted by molar-refractivity contribution is -0.384. The van der Waals surface area contributed by atoms with Crippen LogP contribution in [0, 0.1) is 10.1 Å². The van der Waals surface area contributed by atoms with Gasteiger partial charge in [-0.25, -0.2) is 13.2 Å². The number of rotatable bonds is 13. The highest BCUT2D eigenvalue weighted by Gasteiger charge is 2.23. The number of ether oxygens (including phenoxy) is 2. The third-order valence-corrected chi connectivity index (χ3v) is 9.21. The third kappa shape index (κ3) is 7.50. The monoisotopic (exact) mass is 635 g/mol. The van der Waals surface area contributed by atoms with Gasteiger partial charge in [0.05, 0.1) is 26.9 Å². The van der Waals surface area contributed by atoms with Gasteiger partial charge < -0.3 is 9.47 Å². The summed E-state index contributed by atoms with van der Waals surface area (Å²) < 4.78 is 40.0. The van der Waals surface area contributed by atoms with E-state index in [0.29, 0.717) is 29.0 Å². The normalized spacial score (nSPS) is 11.2. The molecule has 0 fully saturated rings. The molecule has 5 rings (SSSR count). The molecule has 0 bridgehead atoms. The van der Waals surface area contributed by atoms with Gasteiger partial charge in [0.15, 0.2) is 0 Å². The summed E-state index contributed by atoms with van der Waals surface area (Å²) >= 11 is 0. The number of sulfone groups is 1. The Kier molecular flexibility index (Phi) is 10.2. The Balaban J connectivity index is 1.50. The topological polar surface area (TPSA) is 113 Å². The molecule has 0 heterocycles. The van der Waals surface area contributed by atoms with Crippen molar-refractivity contribution in [2.75, 3.05) is 6.61 Å². The van der Waals surface area contributed by atoms with Gasteiger partial charge in [-0.1, -0.05) is 86.8 Å². The second-order valence-corrected chi connectivity index (χ2v) is 12.6. The second-order valence-electron chi connectivity index (χ2n) is 10.7. The summed E-state index contributed by atoms with van der Waals surface area (Å²) in [4.78, 5) is 23.6. The van der Waals surface area contributed by atoms with Crippen LogP contribution in [-0.4, -0.2) is 25.9 Å². The summed E-state index contributed by atoms with van der Waals surface area (Å²) in [6.45, 7) is 2.69. The first-order chi connectivity index (χ1) is 22.3. The Hall–Kier alpha value is -5.28. The van der Waals surface area contributed by atoms with Crippen LogP contribution in [0.1, 0.15) is 43.0 Å². The first kappa shape index (κ1) is 32.1. The Morgan fingerprint density at radius 3 is 1.78 bits per heavy atom. The van der Waals surface area contributed by atoms with Gasteiger partial charge in [0.1, 0.15) is 11.5 Å². The first-order valence-electron chi connectivity index (χ1n) is 15.0. The molecule has 0 saturated carbocycles. The number of nitrogens with zero attached hydrogens (tertiary/aromatic N) is 1. The fraction of sp³-hybridized carbons (Fsp3) is 0.162. The van der Waals surface area contributed by atoms with Crippen LogP contribution in [0.15, 0.2) is 131 Å². The minimum absolute atomic E-state index is 0.0220. The fourth-order valence-electron chi connectivity index (χ4n) is 4.98. The van der Waals surface area contributed by atoms with E-state index in [-0.39, 0.29) is 26.8 Å². The predicted molar refractivity (Wildman–Crippen MR) is 177 cm³/mol. The molecule has 0 aliphatic rings. The van der Waals surface area contributed by atoms with E-state index in [2.05, 4.69) is 6.92 Å². The minimum atomic E-state index is -4.02. The van der Waals surface area contributed by atoms with E-state index in [1.807, 2.05) is 36.4 Å². The van der Waals surface area contributed by atoms with Crippen molar-refractivity contribution in [2.24, 2.45) is 0 Å². The van der Waals surface area contributed by atoms with Crippen molar-refractivity contribution in [1.82, 2.24) is 0 Å². The Bertz CT molecular complexity index is 1920. The number of hydrogen-bond donors (Lipinski definition) is 0. The molecule has 0 saturated heterocycles. The molecule has 0 aliphatic carbocycles. The largest absolute Gasteiger partial charge is 0.493 e. The predicted octanol–water partition coefficient (Wildman–Crippen LogP) is 8.94. The zero-order valence-electron chi connectivity index (χ0n) is 25.3. The molecule has 8 nitrogen and oxygen atoms in total. The van der Waals surface area contributed by atoms with Gasteiger partial charge in [-0.15, -0.1) is 0 Å². The number of unbranched alkanes of at least 4 members (excludes halogenated alkanes) is 3. The molecule has 0 radical (unpaired) electrons. The molecule has 0 aromatic heterocycles. The molecule has 0 unspecified atom stereocenters. The summed E-state index contributed by atoms with van der Waals surface area (Å²) in [6.07, 6.45) is 4.22. The van der Waals surface area contributed by atoms with Gasteiger partial charge in [0.25, 0.3) is 5.69 Å². The van der Waals surface area contributed by atoms with Crippen molar-refractivity contribution in [3.8, 4) is 33.8 Å². The second kappa shape index (κ2) is 14.7. The van der Waals surface area contributed by atoms with Crippen LogP contribution >= 0.6 is 0 Å². The number of benzene rings is 5. The lowest BCUT2D eigenvalue weighted by Crippen LogP contribution is -2.10. The Morgan fingerprint density at radius 1 is 0.696 bits per heavy atom. The highest BCUT2D eigenvalue weighted by Crippen LogP contribution is 2.37. The molecular formula is C37H33NO7S. The minimum Gasteiger partial charge on any atom is -0.493 e. The van der Waals surface area contributed by atoms with Crippen LogP contribution in [-0.2, 0) is 9.84 Å². The average molecular weight is 636 g/mol. The smallest absolute Gasteiger partial charge is 0.343 e. The zero-order chi connectivity index (χ0) is 32.5. The van der Waals surface area contributed by atoms with Crippen LogP contribution in [0.5, 0.6) is 11.5 Å². The van der Waals surface area contributed by atoms with Crippen molar-refractivity contribution in [1.29, 1.82) is 0 Å². The summed E-state index contributed by atoms with van der Waals surface area (Å²) in [6, 6.07) is 32.8. The molecule has 0 amide bonds. The first-order valence-corrected chi connectivity index (χ1v) is 16.5. The van der Waals surface area contributed by atoms with Crippen LogP contribution < -0.4 is 9.47 Å². The van der Waals surface area contributed by atoms with Crippen molar-refractivity contribution in [3.63, 3.8) is 0 Å². The SMILES string of the molecule is CCCCCCOc1ccc(S(=O)(=O)c2ccc(OC(=O)c3ccc([N+](=O)[O-])cc3)c(-c3ccccc3)c2)cc1-c1ccccc1. The van der Waals surface area contributed by atoms with Crippen LogP contribution in [0.4, 0.5) is 5.69 Å². The summed E-state index contributed by atoms with van der Waals surface area (Å²) in [5, 5.41) is 11.0. The number of carbonyl (C=O) groups excluding carboxylic acids is 1. The molecular weight excluding hydrogens is 602 g/mol. The van der Waals surface area contributed by atoms with Crippen molar-refractivity contribution >= 4 is 21.5 Å². The number of esters is 1. The van der Waals surface area contributed by atoms with E-state index in [9.17, 15) is 23.3 Å². The lowest BCUT2D eigenvalue weighted by Gasteiger charge is -2.15. The van der Waals surface area contributed by atoms with E-state index in [4.69, 9.17) is 9.47 Å². The molecule has 5 aromatic rings. The molecule has 46 heavy (non-hydrogen) atoms. The van der Waals surface area contributed by atoms with Crippen LogP contribution in [0.3, 0.4) is 0 Å². The molecule has 234 valence electrons. The van der Waals surface area contributed by atoms with Crippen molar-refractivity contribution < 1.29 is 27.6 Å². The highest BCUT2D eigenvalue weighted by atomic mass is 32.2. The maximum absolute atomic E-state index is 14.1. The summed E-state index contributed by atoms with van der Waals surface area (Å²) in [5.41, 5.74) is 2.51. The highest BCUT2D eigenvalue weighted by molar-refractivity contribution is 7.91. The summed E-state index contributed by atoms with van der Waals surface area (Å²) in [7, 11) is -4.02. The lowest BCUT2D eigenvalue weighted by atomic mass is 10.0. The number of hydrogen-bond acceptors (Lipinski definition) is 7. The molecule has 0 spiro atoms. The number of nitro groups is 1. The van der Waals surface area contributed by atoms with E-state index in [1.54, 1.807) is 42.5 Å². The van der Waals surface area contributed by atoms with Gasteiger partial charge in [-0.2, -0.15) is 0 Å². The van der Waals surface area contributed by atoms with Gasteiger partial charge in [0.2, 0.25) is 9.84 Å². The standard InChI is InChI=1S/C37H33NO7S/c1-2-3-4-11-24-44-35-22-20-31(25-33(35)27-12-7-5-8-13-27)46(42,43)32-21-23-36(34(26-32)28-14-9-6-10-15-28)45-37(39)29-16-18-30(19-17-29)38(40)41/h5-10,12-23,25-26H,2-4,11,24H2,1H3. The molecule has 0 aliphatic heterocycles. The maximum atomic E-state index is 14.1. The fourth-order valence-corrected chi connectivity index (χ4v) is 6.29. The van der Waals surface area contributed by atoms with Crippen LogP contribution in [0.25, 0.3) is 22.3 Å². The maximum Gasteiger partial charge on any atom is 0.343 e. The van der Waals surface area contributed by atoms with E-state index < -0.39 is 20.7 Å². The number of carbonyl (C=O) groups is 1. The van der Waals surface area contributed by atoms with E-state index in [0.717, 1.165) is 31.2 Å². The number of nitro benzene ring substituents is 1. The zero-order valence-corrected chi connectivity index (χ0v) is 26.1.